The predicted molar refractivity (Wildman–Crippen MR) is 74.0 cm³/mol. The van der Waals surface area contributed by atoms with Crippen molar-refractivity contribution in [2.75, 3.05) is 7.05 Å². The summed E-state index contributed by atoms with van der Waals surface area (Å²) >= 11 is 2.24. The van der Waals surface area contributed by atoms with E-state index in [0.29, 0.717) is 6.01 Å². The molecule has 0 fully saturated rings. The highest BCUT2D eigenvalue weighted by atomic mass is 127. The monoisotopic (exact) mass is 341 g/mol. The molecule has 1 N–H and O–H groups in total. The third-order valence-electron chi connectivity index (χ3n) is 2.07. The number of ether oxygens (including phenoxy) is 1. The normalized spacial score (nSPS) is 10.2. The molecule has 1 aromatic heterocycles. The first-order valence-electron chi connectivity index (χ1n) is 5.17. The van der Waals surface area contributed by atoms with Crippen LogP contribution in [0, 0.1) is 3.57 Å². The maximum Gasteiger partial charge on any atom is 0.321 e. The number of nitrogens with zero attached hydrogens (tertiary/aromatic N) is 2. The summed E-state index contributed by atoms with van der Waals surface area (Å²) in [5.41, 5.74) is 1.03. The van der Waals surface area contributed by atoms with Crippen molar-refractivity contribution in [3.63, 3.8) is 0 Å². The maximum atomic E-state index is 5.54. The summed E-state index contributed by atoms with van der Waals surface area (Å²) < 4.78 is 6.66. The Balaban J connectivity index is 2.08. The molecule has 2 rings (SSSR count). The maximum absolute atomic E-state index is 5.54. The molecule has 2 aromatic rings. The number of benzene rings is 1. The van der Waals surface area contributed by atoms with Gasteiger partial charge in [-0.05, 0) is 47.8 Å². The standard InChI is InChI=1S/C12H12IN3O/c1-14-6-9-7-15-12(16-8-9)17-11-4-2-3-10(13)5-11/h2-5,7-8,14H,6H2,1H3. The summed E-state index contributed by atoms with van der Waals surface area (Å²) in [5, 5.41) is 3.04. The number of hydrogen-bond donors (Lipinski definition) is 1. The van der Waals surface area contributed by atoms with Crippen LogP contribution in [0.1, 0.15) is 5.56 Å². The number of hydrogen-bond acceptors (Lipinski definition) is 4. The molecule has 0 saturated heterocycles. The third-order valence-corrected chi connectivity index (χ3v) is 2.74. The fourth-order valence-corrected chi connectivity index (χ4v) is 1.84. The Kier molecular flexibility index (Phi) is 4.27. The van der Waals surface area contributed by atoms with Gasteiger partial charge < -0.3 is 10.1 Å². The van der Waals surface area contributed by atoms with Crippen LogP contribution in [0.4, 0.5) is 0 Å². The third kappa shape index (κ3) is 3.64. The quantitative estimate of drug-likeness (QED) is 0.869. The second-order valence-electron chi connectivity index (χ2n) is 3.46. The van der Waals surface area contributed by atoms with Crippen LogP contribution >= 0.6 is 22.6 Å². The molecule has 0 spiro atoms. The average molecular weight is 341 g/mol. The van der Waals surface area contributed by atoms with Crippen LogP contribution in [0.15, 0.2) is 36.7 Å². The van der Waals surface area contributed by atoms with Gasteiger partial charge in [-0.2, -0.15) is 0 Å². The van der Waals surface area contributed by atoms with E-state index in [-0.39, 0.29) is 0 Å². The molecule has 1 heterocycles. The Morgan fingerprint density at radius 1 is 1.29 bits per heavy atom. The van der Waals surface area contributed by atoms with Crippen molar-refractivity contribution in [1.29, 1.82) is 0 Å². The molecule has 17 heavy (non-hydrogen) atoms. The molecular formula is C12H12IN3O. The van der Waals surface area contributed by atoms with Crippen molar-refractivity contribution in [2.24, 2.45) is 0 Å². The molecule has 1 aromatic carbocycles. The van der Waals surface area contributed by atoms with Gasteiger partial charge in [0.05, 0.1) is 0 Å². The Morgan fingerprint density at radius 3 is 2.71 bits per heavy atom. The van der Waals surface area contributed by atoms with E-state index in [2.05, 4.69) is 37.9 Å². The van der Waals surface area contributed by atoms with Gasteiger partial charge in [-0.1, -0.05) is 6.07 Å². The van der Waals surface area contributed by atoms with Crippen molar-refractivity contribution in [3.05, 3.63) is 45.8 Å². The summed E-state index contributed by atoms with van der Waals surface area (Å²) in [4.78, 5) is 8.29. The van der Waals surface area contributed by atoms with Crippen LogP contribution < -0.4 is 10.1 Å². The van der Waals surface area contributed by atoms with Gasteiger partial charge in [0.1, 0.15) is 5.75 Å². The van der Waals surface area contributed by atoms with E-state index in [9.17, 15) is 0 Å². The predicted octanol–water partition coefficient (Wildman–Crippen LogP) is 2.59. The van der Waals surface area contributed by atoms with Gasteiger partial charge in [-0.25, -0.2) is 9.97 Å². The highest BCUT2D eigenvalue weighted by Crippen LogP contribution is 2.19. The zero-order valence-electron chi connectivity index (χ0n) is 9.35. The van der Waals surface area contributed by atoms with Crippen molar-refractivity contribution in [1.82, 2.24) is 15.3 Å². The van der Waals surface area contributed by atoms with E-state index in [4.69, 9.17) is 4.74 Å². The largest absolute Gasteiger partial charge is 0.424 e. The first-order valence-corrected chi connectivity index (χ1v) is 6.25. The molecule has 0 saturated carbocycles. The van der Waals surface area contributed by atoms with Gasteiger partial charge in [0, 0.05) is 28.1 Å². The molecule has 0 atom stereocenters. The Hall–Kier alpha value is -1.21. The number of halogens is 1. The molecule has 0 radical (unpaired) electrons. The first kappa shape index (κ1) is 12.3. The minimum atomic E-state index is 0.367. The molecule has 0 aliphatic heterocycles. The van der Waals surface area contributed by atoms with E-state index in [1.54, 1.807) is 12.4 Å². The molecule has 0 aliphatic rings. The number of rotatable bonds is 4. The van der Waals surface area contributed by atoms with E-state index in [0.717, 1.165) is 21.4 Å². The lowest BCUT2D eigenvalue weighted by Crippen LogP contribution is -2.06. The fourth-order valence-electron chi connectivity index (χ4n) is 1.33. The van der Waals surface area contributed by atoms with Gasteiger partial charge >= 0.3 is 6.01 Å². The zero-order chi connectivity index (χ0) is 12.1. The summed E-state index contributed by atoms with van der Waals surface area (Å²) in [6, 6.07) is 8.13. The van der Waals surface area contributed by atoms with Crippen LogP contribution in [0.25, 0.3) is 0 Å². The zero-order valence-corrected chi connectivity index (χ0v) is 11.5. The summed E-state index contributed by atoms with van der Waals surface area (Å²) in [6.45, 7) is 0.753. The first-order chi connectivity index (χ1) is 8.28. The van der Waals surface area contributed by atoms with Crippen LogP contribution in [-0.4, -0.2) is 17.0 Å². The van der Waals surface area contributed by atoms with E-state index >= 15 is 0 Å². The second kappa shape index (κ2) is 5.92. The van der Waals surface area contributed by atoms with Crippen molar-refractivity contribution >= 4 is 22.6 Å². The summed E-state index contributed by atoms with van der Waals surface area (Å²) in [7, 11) is 1.89. The molecule has 0 amide bonds. The average Bonchev–Trinajstić information content (AvgIpc) is 2.32. The Bertz CT molecular complexity index is 487. The highest BCUT2D eigenvalue weighted by molar-refractivity contribution is 14.1. The van der Waals surface area contributed by atoms with Gasteiger partial charge in [-0.3, -0.25) is 0 Å². The molecule has 5 heteroatoms. The Labute approximate surface area is 114 Å². The van der Waals surface area contributed by atoms with Gasteiger partial charge in [0.25, 0.3) is 0 Å². The van der Waals surface area contributed by atoms with Crippen LogP contribution in [-0.2, 0) is 6.54 Å². The molecule has 0 unspecified atom stereocenters. The summed E-state index contributed by atoms with van der Waals surface area (Å²) in [5.74, 6) is 0.748. The smallest absolute Gasteiger partial charge is 0.321 e. The number of nitrogens with one attached hydrogen (secondary N) is 1. The molecule has 4 nitrogen and oxygen atoms in total. The van der Waals surface area contributed by atoms with E-state index < -0.39 is 0 Å². The van der Waals surface area contributed by atoms with E-state index in [1.807, 2.05) is 31.3 Å². The van der Waals surface area contributed by atoms with Crippen LogP contribution in [0.3, 0.4) is 0 Å². The SMILES string of the molecule is CNCc1cnc(Oc2cccc(I)c2)nc1. The van der Waals surface area contributed by atoms with Crippen LogP contribution in [0.2, 0.25) is 0 Å². The van der Waals surface area contributed by atoms with Gasteiger partial charge in [0.2, 0.25) is 0 Å². The fraction of sp³-hybridized carbons (Fsp3) is 0.167. The van der Waals surface area contributed by atoms with Gasteiger partial charge in [-0.15, -0.1) is 0 Å². The van der Waals surface area contributed by atoms with Crippen molar-refractivity contribution in [3.8, 4) is 11.8 Å². The lowest BCUT2D eigenvalue weighted by atomic mass is 10.3. The van der Waals surface area contributed by atoms with E-state index in [1.165, 1.54) is 0 Å². The lowest BCUT2D eigenvalue weighted by molar-refractivity contribution is 0.440. The minimum Gasteiger partial charge on any atom is -0.424 e. The Morgan fingerprint density at radius 2 is 2.06 bits per heavy atom. The molecule has 0 aliphatic carbocycles. The number of aromatic nitrogens is 2. The lowest BCUT2D eigenvalue weighted by Gasteiger charge is -2.04. The minimum absolute atomic E-state index is 0.367. The van der Waals surface area contributed by atoms with Crippen molar-refractivity contribution < 1.29 is 4.74 Å². The molecule has 88 valence electrons. The van der Waals surface area contributed by atoms with Gasteiger partial charge in [0.15, 0.2) is 0 Å². The summed E-state index contributed by atoms with van der Waals surface area (Å²) in [6.07, 6.45) is 3.51. The second-order valence-corrected chi connectivity index (χ2v) is 4.71. The molecule has 0 bridgehead atoms. The highest BCUT2D eigenvalue weighted by Gasteiger charge is 2.01. The topological polar surface area (TPSA) is 47.0 Å². The van der Waals surface area contributed by atoms with Crippen molar-refractivity contribution in [2.45, 2.75) is 6.54 Å². The molecular weight excluding hydrogens is 329 g/mol. The van der Waals surface area contributed by atoms with Crippen LogP contribution in [0.5, 0.6) is 11.8 Å².